The predicted molar refractivity (Wildman–Crippen MR) is 66.4 cm³/mol. The van der Waals surface area contributed by atoms with E-state index in [4.69, 9.17) is 39.5 Å². The summed E-state index contributed by atoms with van der Waals surface area (Å²) in [6.07, 6.45) is 1.44. The van der Waals surface area contributed by atoms with Gasteiger partial charge in [-0.2, -0.15) is 0 Å². The fraction of sp³-hybridized carbons (Fsp3) is 0.400. The molecule has 0 N–H and O–H groups in total. The van der Waals surface area contributed by atoms with E-state index in [0.29, 0.717) is 0 Å². The molecule has 0 bridgehead atoms. The summed E-state index contributed by atoms with van der Waals surface area (Å²) in [5.41, 5.74) is -0.156. The fourth-order valence-corrected chi connectivity index (χ4v) is 2.49. The molecule has 17 heavy (non-hydrogen) atoms. The van der Waals surface area contributed by atoms with Gasteiger partial charge in [-0.3, -0.25) is 10.1 Å². The summed E-state index contributed by atoms with van der Waals surface area (Å²) in [7, 11) is 0. The highest BCUT2D eigenvalue weighted by Crippen LogP contribution is 2.40. The second kappa shape index (κ2) is 4.88. The van der Waals surface area contributed by atoms with Crippen molar-refractivity contribution in [1.82, 2.24) is 0 Å². The lowest BCUT2D eigenvalue weighted by atomic mass is 9.95. The van der Waals surface area contributed by atoms with Crippen molar-refractivity contribution in [3.8, 4) is 5.75 Å². The summed E-state index contributed by atoms with van der Waals surface area (Å²) in [4.78, 5) is 10.0. The van der Waals surface area contributed by atoms with Crippen LogP contribution in [0.3, 0.4) is 0 Å². The summed E-state index contributed by atoms with van der Waals surface area (Å²) in [5.74, 6) is 0.285. The van der Waals surface area contributed by atoms with Crippen LogP contribution in [0.5, 0.6) is 5.75 Å². The van der Waals surface area contributed by atoms with Crippen LogP contribution < -0.4 is 4.74 Å². The van der Waals surface area contributed by atoms with Gasteiger partial charge in [0.25, 0.3) is 5.69 Å². The molecule has 2 rings (SSSR count). The van der Waals surface area contributed by atoms with Crippen LogP contribution in [0, 0.1) is 10.1 Å². The van der Waals surface area contributed by atoms with Gasteiger partial charge in [-0.15, -0.1) is 11.6 Å². The number of non-ortho nitro benzene ring substituents is 1. The van der Waals surface area contributed by atoms with Gasteiger partial charge in [0.1, 0.15) is 6.10 Å². The smallest absolute Gasteiger partial charge is 0.272 e. The number of hydrogen-bond acceptors (Lipinski definition) is 3. The minimum absolute atomic E-state index is 0.0195. The fourth-order valence-electron chi connectivity index (χ4n) is 1.53. The Morgan fingerprint density at radius 1 is 1.29 bits per heavy atom. The van der Waals surface area contributed by atoms with E-state index in [1.54, 1.807) is 0 Å². The number of halogens is 3. The van der Waals surface area contributed by atoms with Crippen LogP contribution in [-0.4, -0.2) is 16.4 Å². The highest BCUT2D eigenvalue weighted by atomic mass is 35.5. The number of nitro groups is 1. The van der Waals surface area contributed by atoms with E-state index in [0.717, 1.165) is 12.8 Å². The molecular formula is C10H8Cl3NO3. The van der Waals surface area contributed by atoms with Gasteiger partial charge in [0.15, 0.2) is 5.75 Å². The van der Waals surface area contributed by atoms with Gasteiger partial charge in [-0.25, -0.2) is 0 Å². The SMILES string of the molecule is O=[N+]([O-])c1cc(Cl)c(OC2CC(Cl)C2)c(Cl)c1. The quantitative estimate of drug-likeness (QED) is 0.480. The summed E-state index contributed by atoms with van der Waals surface area (Å²) in [6.45, 7) is 0. The van der Waals surface area contributed by atoms with E-state index in [1.807, 2.05) is 0 Å². The van der Waals surface area contributed by atoms with E-state index in [1.165, 1.54) is 12.1 Å². The van der Waals surface area contributed by atoms with E-state index < -0.39 is 4.92 Å². The van der Waals surface area contributed by atoms with Gasteiger partial charge >= 0.3 is 0 Å². The zero-order chi connectivity index (χ0) is 12.6. The second-order valence-electron chi connectivity index (χ2n) is 3.80. The van der Waals surface area contributed by atoms with E-state index in [-0.39, 0.29) is 33.0 Å². The number of ether oxygens (including phenoxy) is 1. The third kappa shape index (κ3) is 2.76. The Kier molecular flexibility index (Phi) is 3.66. The molecule has 0 unspecified atom stereocenters. The van der Waals surface area contributed by atoms with E-state index in [9.17, 15) is 10.1 Å². The number of hydrogen-bond donors (Lipinski definition) is 0. The topological polar surface area (TPSA) is 52.4 Å². The zero-order valence-electron chi connectivity index (χ0n) is 8.53. The summed E-state index contributed by atoms with van der Waals surface area (Å²) in [5, 5.41) is 11.0. The number of nitrogens with zero attached hydrogens (tertiary/aromatic N) is 1. The molecule has 0 amide bonds. The molecule has 0 atom stereocenters. The summed E-state index contributed by atoms with van der Waals surface area (Å²) >= 11 is 17.6. The van der Waals surface area contributed by atoms with Crippen LogP contribution in [-0.2, 0) is 0 Å². The van der Waals surface area contributed by atoms with Crippen molar-refractivity contribution in [3.63, 3.8) is 0 Å². The minimum atomic E-state index is -0.556. The van der Waals surface area contributed by atoms with Crippen LogP contribution >= 0.6 is 34.8 Å². The highest BCUT2D eigenvalue weighted by Gasteiger charge is 2.30. The maximum atomic E-state index is 10.6. The molecule has 1 aromatic carbocycles. The predicted octanol–water partition coefficient (Wildman–Crippen LogP) is 4.05. The lowest BCUT2D eigenvalue weighted by Gasteiger charge is -2.31. The molecule has 0 aromatic heterocycles. The van der Waals surface area contributed by atoms with Crippen molar-refractivity contribution in [3.05, 3.63) is 32.3 Å². The Morgan fingerprint density at radius 3 is 2.24 bits per heavy atom. The van der Waals surface area contributed by atoms with Crippen molar-refractivity contribution in [2.75, 3.05) is 0 Å². The molecule has 0 heterocycles. The van der Waals surface area contributed by atoms with Crippen molar-refractivity contribution in [2.24, 2.45) is 0 Å². The van der Waals surface area contributed by atoms with Gasteiger partial charge in [0.05, 0.1) is 15.0 Å². The normalized spacial score (nSPS) is 23.0. The van der Waals surface area contributed by atoms with Crippen LogP contribution in [0.15, 0.2) is 12.1 Å². The van der Waals surface area contributed by atoms with Gasteiger partial charge in [-0.1, -0.05) is 23.2 Å². The van der Waals surface area contributed by atoms with Gasteiger partial charge < -0.3 is 4.74 Å². The first-order valence-electron chi connectivity index (χ1n) is 4.91. The first-order chi connectivity index (χ1) is 7.97. The van der Waals surface area contributed by atoms with Crippen LogP contribution in [0.1, 0.15) is 12.8 Å². The first-order valence-corrected chi connectivity index (χ1v) is 6.10. The lowest BCUT2D eigenvalue weighted by Crippen LogP contribution is -2.34. The van der Waals surface area contributed by atoms with Crippen molar-refractivity contribution >= 4 is 40.5 Å². The molecule has 0 radical (unpaired) electrons. The van der Waals surface area contributed by atoms with Crippen molar-refractivity contribution in [1.29, 1.82) is 0 Å². The average Bonchev–Trinajstić information content (AvgIpc) is 2.19. The Morgan fingerprint density at radius 2 is 1.82 bits per heavy atom. The standard InChI is InChI=1S/C10H8Cl3NO3/c11-5-1-7(2-5)17-10-8(12)3-6(14(15)16)4-9(10)13/h3-5,7H,1-2H2. The van der Waals surface area contributed by atoms with Crippen LogP contribution in [0.25, 0.3) is 0 Å². The molecule has 92 valence electrons. The lowest BCUT2D eigenvalue weighted by molar-refractivity contribution is -0.384. The maximum Gasteiger partial charge on any atom is 0.272 e. The Hall–Kier alpha value is -0.710. The number of alkyl halides is 1. The minimum Gasteiger partial charge on any atom is -0.487 e. The van der Waals surface area contributed by atoms with E-state index >= 15 is 0 Å². The molecule has 1 aliphatic carbocycles. The third-order valence-electron chi connectivity index (χ3n) is 2.52. The van der Waals surface area contributed by atoms with Gasteiger partial charge in [0, 0.05) is 30.4 Å². The summed E-state index contributed by atoms with van der Waals surface area (Å²) < 4.78 is 5.55. The van der Waals surface area contributed by atoms with E-state index in [2.05, 4.69) is 0 Å². The second-order valence-corrected chi connectivity index (χ2v) is 5.24. The Balaban J connectivity index is 2.20. The maximum absolute atomic E-state index is 10.6. The largest absolute Gasteiger partial charge is 0.487 e. The number of benzene rings is 1. The molecule has 1 aromatic rings. The molecule has 1 aliphatic rings. The molecule has 4 nitrogen and oxygen atoms in total. The number of nitro benzene ring substituents is 1. The van der Waals surface area contributed by atoms with Crippen molar-refractivity contribution in [2.45, 2.75) is 24.3 Å². The molecule has 7 heteroatoms. The van der Waals surface area contributed by atoms with Gasteiger partial charge in [-0.05, 0) is 0 Å². The molecule has 1 saturated carbocycles. The highest BCUT2D eigenvalue weighted by molar-refractivity contribution is 6.37. The molecule has 0 saturated heterocycles. The molecule has 0 spiro atoms. The zero-order valence-corrected chi connectivity index (χ0v) is 10.8. The molecular weight excluding hydrogens is 288 g/mol. The van der Waals surface area contributed by atoms with Gasteiger partial charge in [0.2, 0.25) is 0 Å². The molecule has 0 aliphatic heterocycles. The Bertz CT molecular complexity index is 437. The number of rotatable bonds is 3. The van der Waals surface area contributed by atoms with Crippen LogP contribution in [0.4, 0.5) is 5.69 Å². The first kappa shape index (κ1) is 12.7. The summed E-state index contributed by atoms with van der Waals surface area (Å²) in [6, 6.07) is 2.44. The molecule has 1 fully saturated rings. The third-order valence-corrected chi connectivity index (χ3v) is 3.43. The monoisotopic (exact) mass is 295 g/mol. The van der Waals surface area contributed by atoms with Crippen molar-refractivity contribution < 1.29 is 9.66 Å². The average molecular weight is 297 g/mol. The van der Waals surface area contributed by atoms with Crippen LogP contribution in [0.2, 0.25) is 10.0 Å². The Labute approximate surface area is 113 Å².